The summed E-state index contributed by atoms with van der Waals surface area (Å²) in [7, 11) is 1.76. The Morgan fingerprint density at radius 1 is 1.22 bits per heavy atom. The zero-order valence-corrected chi connectivity index (χ0v) is 13.9. The van der Waals surface area contributed by atoms with Gasteiger partial charge in [0.05, 0.1) is 10.9 Å². The molecule has 0 saturated heterocycles. The molecule has 3 rings (SSSR count). The van der Waals surface area contributed by atoms with Gasteiger partial charge in [0.15, 0.2) is 5.82 Å². The number of fused-ring (bicyclic) bond motifs is 1. The highest BCUT2D eigenvalue weighted by Crippen LogP contribution is 2.16. The van der Waals surface area contributed by atoms with E-state index in [1.165, 1.54) is 5.56 Å². The molecule has 2 N–H and O–H groups in total. The van der Waals surface area contributed by atoms with Crippen LogP contribution in [0, 0.1) is 0 Å². The van der Waals surface area contributed by atoms with Gasteiger partial charge in [0.2, 0.25) is 0 Å². The topological polar surface area (TPSA) is 51.5 Å². The Labute approximate surface area is 139 Å². The summed E-state index contributed by atoms with van der Waals surface area (Å²) in [5.41, 5.74) is 1.87. The lowest BCUT2D eigenvalue weighted by Crippen LogP contribution is -2.83. The second-order valence-electron chi connectivity index (χ2n) is 5.71. The van der Waals surface area contributed by atoms with E-state index in [0.717, 1.165) is 12.4 Å². The summed E-state index contributed by atoms with van der Waals surface area (Å²) in [6, 6.07) is 15.6. The van der Waals surface area contributed by atoms with Crippen LogP contribution in [0.1, 0.15) is 24.4 Å². The Balaban J connectivity index is 1.91. The molecule has 23 heavy (non-hydrogen) atoms. The maximum absolute atomic E-state index is 12.5. The number of nitrogens with two attached hydrogens (primary N) is 1. The molecule has 1 aromatic heterocycles. The number of hydrogen-bond acceptors (Lipinski definition) is 2. The lowest BCUT2D eigenvalue weighted by molar-refractivity contribution is -0.709. The predicted octanol–water partition coefficient (Wildman–Crippen LogP) is 2.41. The highest BCUT2D eigenvalue weighted by molar-refractivity contribution is 6.31. The molecule has 0 aliphatic rings. The van der Waals surface area contributed by atoms with Crippen molar-refractivity contribution in [2.24, 2.45) is 7.05 Å². The number of halogens is 1. The molecule has 5 heteroatoms. The summed E-state index contributed by atoms with van der Waals surface area (Å²) in [6.07, 6.45) is 0. The van der Waals surface area contributed by atoms with Gasteiger partial charge in [-0.2, -0.15) is 0 Å². The van der Waals surface area contributed by atoms with E-state index in [9.17, 15) is 4.79 Å². The number of nitrogens with zero attached hydrogens (tertiary/aromatic N) is 2. The van der Waals surface area contributed by atoms with Gasteiger partial charge < -0.3 is 5.32 Å². The van der Waals surface area contributed by atoms with Crippen LogP contribution in [0.3, 0.4) is 0 Å². The number of hydrogen-bond donors (Lipinski definition) is 1. The van der Waals surface area contributed by atoms with E-state index in [4.69, 9.17) is 11.6 Å². The number of benzene rings is 2. The van der Waals surface area contributed by atoms with Crippen LogP contribution < -0.4 is 10.9 Å². The van der Waals surface area contributed by atoms with E-state index < -0.39 is 0 Å². The first-order valence-electron chi connectivity index (χ1n) is 7.59. The minimum Gasteiger partial charge on any atom is -0.334 e. The van der Waals surface area contributed by atoms with Crippen molar-refractivity contribution in [3.8, 4) is 0 Å². The Bertz CT molecular complexity index is 890. The number of aromatic nitrogens is 2. The Morgan fingerprint density at radius 3 is 2.70 bits per heavy atom. The van der Waals surface area contributed by atoms with Crippen molar-refractivity contribution >= 4 is 22.5 Å². The maximum atomic E-state index is 12.5. The smallest absolute Gasteiger partial charge is 0.261 e. The van der Waals surface area contributed by atoms with Gasteiger partial charge in [-0.05, 0) is 25.1 Å². The molecule has 3 aromatic rings. The SMILES string of the molecule is C[C@H]([NH2+]Cc1ccccc1)c1nc2ccc(Cl)cc2c(=O)n1C. The normalized spacial score (nSPS) is 12.5. The molecule has 1 heterocycles. The Hall–Kier alpha value is -2.17. The molecule has 2 aromatic carbocycles. The number of rotatable bonds is 4. The van der Waals surface area contributed by atoms with Crippen molar-refractivity contribution in [3.63, 3.8) is 0 Å². The van der Waals surface area contributed by atoms with Gasteiger partial charge in [-0.15, -0.1) is 0 Å². The second kappa shape index (κ2) is 6.52. The second-order valence-corrected chi connectivity index (χ2v) is 6.15. The van der Waals surface area contributed by atoms with E-state index in [-0.39, 0.29) is 11.6 Å². The summed E-state index contributed by atoms with van der Waals surface area (Å²) in [5.74, 6) is 0.765. The van der Waals surface area contributed by atoms with E-state index in [2.05, 4.69) is 29.4 Å². The third kappa shape index (κ3) is 3.28. The zero-order valence-electron chi connectivity index (χ0n) is 13.2. The lowest BCUT2D eigenvalue weighted by Gasteiger charge is -2.14. The van der Waals surface area contributed by atoms with Gasteiger partial charge in [-0.25, -0.2) is 4.98 Å². The van der Waals surface area contributed by atoms with Gasteiger partial charge in [0.25, 0.3) is 5.56 Å². The fourth-order valence-electron chi connectivity index (χ4n) is 2.70. The molecule has 0 fully saturated rings. The molecule has 0 spiro atoms. The molecule has 0 aliphatic carbocycles. The van der Waals surface area contributed by atoms with Crippen LogP contribution >= 0.6 is 11.6 Å². The van der Waals surface area contributed by atoms with Crippen molar-refractivity contribution in [3.05, 3.63) is 75.3 Å². The van der Waals surface area contributed by atoms with Gasteiger partial charge in [-0.3, -0.25) is 9.36 Å². The van der Waals surface area contributed by atoms with Gasteiger partial charge in [-0.1, -0.05) is 41.9 Å². The van der Waals surface area contributed by atoms with Gasteiger partial charge >= 0.3 is 0 Å². The quantitative estimate of drug-likeness (QED) is 0.799. The van der Waals surface area contributed by atoms with E-state index in [1.807, 2.05) is 18.2 Å². The summed E-state index contributed by atoms with van der Waals surface area (Å²) in [6.45, 7) is 2.91. The Kier molecular flexibility index (Phi) is 4.46. The van der Waals surface area contributed by atoms with Crippen LogP contribution in [0.15, 0.2) is 53.3 Å². The average Bonchev–Trinajstić information content (AvgIpc) is 2.57. The molecule has 0 saturated carbocycles. The monoisotopic (exact) mass is 328 g/mol. The van der Waals surface area contributed by atoms with Gasteiger partial charge in [0, 0.05) is 17.6 Å². The standard InChI is InChI=1S/C18H18ClN3O/c1-12(20-11-13-6-4-3-5-7-13)17-21-16-9-8-14(19)10-15(16)18(23)22(17)2/h3-10,12,20H,11H2,1-2H3/p+1/t12-/m0/s1. The number of quaternary nitrogens is 1. The largest absolute Gasteiger partial charge is 0.334 e. The summed E-state index contributed by atoms with van der Waals surface area (Å²) in [5, 5.41) is 3.28. The maximum Gasteiger partial charge on any atom is 0.261 e. The first-order chi connectivity index (χ1) is 11.1. The molecule has 0 amide bonds. The third-order valence-electron chi connectivity index (χ3n) is 4.03. The van der Waals surface area contributed by atoms with Crippen molar-refractivity contribution < 1.29 is 5.32 Å². The van der Waals surface area contributed by atoms with E-state index in [0.29, 0.717) is 15.9 Å². The lowest BCUT2D eigenvalue weighted by atomic mass is 10.2. The molecule has 118 valence electrons. The minimum absolute atomic E-state index is 0.0625. The summed E-state index contributed by atoms with van der Waals surface area (Å²) >= 11 is 5.98. The molecular weight excluding hydrogens is 310 g/mol. The third-order valence-corrected chi connectivity index (χ3v) is 4.26. The van der Waals surface area contributed by atoms with E-state index >= 15 is 0 Å². The molecule has 0 radical (unpaired) electrons. The molecule has 1 atom stereocenters. The molecule has 4 nitrogen and oxygen atoms in total. The van der Waals surface area contributed by atoms with Crippen LogP contribution in [-0.4, -0.2) is 9.55 Å². The zero-order chi connectivity index (χ0) is 16.4. The van der Waals surface area contributed by atoms with Crippen molar-refractivity contribution in [2.45, 2.75) is 19.5 Å². The van der Waals surface area contributed by atoms with Crippen molar-refractivity contribution in [1.29, 1.82) is 0 Å². The van der Waals surface area contributed by atoms with Crippen LogP contribution in [0.4, 0.5) is 0 Å². The molecule has 0 unspecified atom stereocenters. The predicted molar refractivity (Wildman–Crippen MR) is 92.5 cm³/mol. The highest BCUT2D eigenvalue weighted by Gasteiger charge is 2.17. The first kappa shape index (κ1) is 15.7. The summed E-state index contributed by atoms with van der Waals surface area (Å²) < 4.78 is 1.62. The van der Waals surface area contributed by atoms with Gasteiger partial charge in [0.1, 0.15) is 12.6 Å². The minimum atomic E-state index is -0.0625. The average molecular weight is 329 g/mol. The van der Waals surface area contributed by atoms with Crippen LogP contribution in [0.5, 0.6) is 0 Å². The molecule has 0 bridgehead atoms. The summed E-state index contributed by atoms with van der Waals surface area (Å²) in [4.78, 5) is 17.2. The Morgan fingerprint density at radius 2 is 1.96 bits per heavy atom. The molecule has 0 aliphatic heterocycles. The van der Waals surface area contributed by atoms with Crippen molar-refractivity contribution in [1.82, 2.24) is 9.55 Å². The van der Waals surface area contributed by atoms with E-state index in [1.54, 1.807) is 29.8 Å². The van der Waals surface area contributed by atoms with Crippen LogP contribution in [0.25, 0.3) is 10.9 Å². The fraction of sp³-hybridized carbons (Fsp3) is 0.222. The highest BCUT2D eigenvalue weighted by atomic mass is 35.5. The van der Waals surface area contributed by atoms with Crippen LogP contribution in [-0.2, 0) is 13.6 Å². The van der Waals surface area contributed by atoms with Crippen LogP contribution in [0.2, 0.25) is 5.02 Å². The first-order valence-corrected chi connectivity index (χ1v) is 7.97. The van der Waals surface area contributed by atoms with Crippen molar-refractivity contribution in [2.75, 3.05) is 0 Å². The fourth-order valence-corrected chi connectivity index (χ4v) is 2.87. The molecular formula is C18H19ClN3O+.